The molecule has 0 aliphatic rings. The molecular weight excluding hydrogens is 302 g/mol. The van der Waals surface area contributed by atoms with Crippen LogP contribution in [0.1, 0.15) is 20.7 Å². The fourth-order valence-corrected chi connectivity index (χ4v) is 1.81. The lowest BCUT2D eigenvalue weighted by molar-refractivity contribution is 0.0844. The monoisotopic (exact) mass is 310 g/mol. The number of benzene rings is 2. The zero-order valence-corrected chi connectivity index (χ0v) is 11.2. The molecule has 7 heteroatoms. The van der Waals surface area contributed by atoms with Gasteiger partial charge in [0, 0.05) is 5.56 Å². The van der Waals surface area contributed by atoms with Crippen LogP contribution in [0.5, 0.6) is 0 Å². The molecule has 2 rings (SSSR count). The van der Waals surface area contributed by atoms with E-state index in [0.717, 1.165) is 18.2 Å². The first-order chi connectivity index (χ1) is 9.99. The van der Waals surface area contributed by atoms with Crippen LogP contribution in [-0.4, -0.2) is 11.8 Å². The molecule has 0 bridgehead atoms. The van der Waals surface area contributed by atoms with Crippen molar-refractivity contribution in [3.63, 3.8) is 0 Å². The van der Waals surface area contributed by atoms with Crippen molar-refractivity contribution in [2.75, 3.05) is 0 Å². The molecule has 0 radical (unpaired) electrons. The highest BCUT2D eigenvalue weighted by atomic mass is 35.5. The third-order valence-corrected chi connectivity index (χ3v) is 2.90. The van der Waals surface area contributed by atoms with E-state index in [1.165, 1.54) is 24.3 Å². The van der Waals surface area contributed by atoms with Crippen molar-refractivity contribution < 1.29 is 18.4 Å². The van der Waals surface area contributed by atoms with Gasteiger partial charge in [-0.2, -0.15) is 0 Å². The third kappa shape index (κ3) is 3.55. The van der Waals surface area contributed by atoms with Crippen molar-refractivity contribution >= 4 is 23.4 Å². The van der Waals surface area contributed by atoms with Crippen LogP contribution in [0.2, 0.25) is 5.02 Å². The summed E-state index contributed by atoms with van der Waals surface area (Å²) in [5.74, 6) is -2.87. The van der Waals surface area contributed by atoms with Gasteiger partial charge in [0.25, 0.3) is 11.8 Å². The summed E-state index contributed by atoms with van der Waals surface area (Å²) in [5, 5.41) is -0.0801. The minimum Gasteiger partial charge on any atom is -0.267 e. The van der Waals surface area contributed by atoms with Crippen molar-refractivity contribution in [2.45, 2.75) is 0 Å². The first kappa shape index (κ1) is 14.9. The summed E-state index contributed by atoms with van der Waals surface area (Å²) < 4.78 is 26.2. The maximum Gasteiger partial charge on any atom is 0.274 e. The molecular formula is C14H9ClF2N2O2. The summed E-state index contributed by atoms with van der Waals surface area (Å²) in [6.07, 6.45) is 0. The number of halogens is 3. The maximum absolute atomic E-state index is 13.5. The van der Waals surface area contributed by atoms with Crippen LogP contribution in [-0.2, 0) is 0 Å². The number of carbonyl (C=O) groups excluding carboxylic acids is 2. The van der Waals surface area contributed by atoms with Gasteiger partial charge in [-0.15, -0.1) is 0 Å². The summed E-state index contributed by atoms with van der Waals surface area (Å²) in [7, 11) is 0. The molecule has 2 aromatic carbocycles. The average molecular weight is 311 g/mol. The Hall–Kier alpha value is -2.47. The molecule has 21 heavy (non-hydrogen) atoms. The van der Waals surface area contributed by atoms with E-state index in [4.69, 9.17) is 11.6 Å². The molecule has 2 aromatic rings. The Morgan fingerprint density at radius 2 is 1.52 bits per heavy atom. The summed E-state index contributed by atoms with van der Waals surface area (Å²) >= 11 is 5.72. The number of hydrogen-bond acceptors (Lipinski definition) is 2. The van der Waals surface area contributed by atoms with E-state index in [9.17, 15) is 18.4 Å². The number of hydrogen-bond donors (Lipinski definition) is 2. The summed E-state index contributed by atoms with van der Waals surface area (Å²) in [5.41, 5.74) is 3.88. The second-order valence-electron chi connectivity index (χ2n) is 4.01. The second kappa shape index (κ2) is 6.32. The number of amides is 2. The van der Waals surface area contributed by atoms with Crippen LogP contribution < -0.4 is 10.9 Å². The zero-order chi connectivity index (χ0) is 15.4. The van der Waals surface area contributed by atoms with Crippen LogP contribution in [0.4, 0.5) is 8.78 Å². The van der Waals surface area contributed by atoms with Crippen molar-refractivity contribution in [2.24, 2.45) is 0 Å². The first-order valence-corrected chi connectivity index (χ1v) is 6.17. The highest BCUT2D eigenvalue weighted by molar-refractivity contribution is 6.33. The van der Waals surface area contributed by atoms with Crippen molar-refractivity contribution in [1.82, 2.24) is 10.9 Å². The van der Waals surface area contributed by atoms with Crippen LogP contribution >= 0.6 is 11.6 Å². The van der Waals surface area contributed by atoms with E-state index in [0.29, 0.717) is 0 Å². The van der Waals surface area contributed by atoms with Gasteiger partial charge in [-0.25, -0.2) is 8.78 Å². The van der Waals surface area contributed by atoms with Gasteiger partial charge in [0.2, 0.25) is 0 Å². The molecule has 108 valence electrons. The predicted molar refractivity (Wildman–Crippen MR) is 72.7 cm³/mol. The Bertz CT molecular complexity index is 670. The van der Waals surface area contributed by atoms with Gasteiger partial charge >= 0.3 is 0 Å². The number of carbonyl (C=O) groups is 2. The zero-order valence-electron chi connectivity index (χ0n) is 10.5. The van der Waals surface area contributed by atoms with Gasteiger partial charge in [-0.1, -0.05) is 17.7 Å². The fraction of sp³-hybridized carbons (Fsp3) is 0. The Morgan fingerprint density at radius 1 is 0.905 bits per heavy atom. The summed E-state index contributed by atoms with van der Waals surface area (Å²) in [6.45, 7) is 0. The number of hydrazine groups is 1. The molecule has 4 nitrogen and oxygen atoms in total. The quantitative estimate of drug-likeness (QED) is 0.838. The molecule has 2 N–H and O–H groups in total. The SMILES string of the molecule is O=C(NNC(=O)c1c(F)cccc1Cl)c1ccc(F)cc1. The lowest BCUT2D eigenvalue weighted by Crippen LogP contribution is -2.42. The molecule has 0 fully saturated rings. The van der Waals surface area contributed by atoms with E-state index in [-0.39, 0.29) is 16.1 Å². The number of rotatable bonds is 2. The van der Waals surface area contributed by atoms with Gasteiger partial charge < -0.3 is 0 Å². The normalized spacial score (nSPS) is 10.0. The van der Waals surface area contributed by atoms with E-state index in [2.05, 4.69) is 5.43 Å². The Morgan fingerprint density at radius 3 is 2.14 bits per heavy atom. The summed E-state index contributed by atoms with van der Waals surface area (Å²) in [6, 6.07) is 8.46. The van der Waals surface area contributed by atoms with Gasteiger partial charge in [0.05, 0.1) is 10.6 Å². The Kier molecular flexibility index (Phi) is 4.49. The summed E-state index contributed by atoms with van der Waals surface area (Å²) in [4.78, 5) is 23.5. The van der Waals surface area contributed by atoms with E-state index in [1.54, 1.807) is 0 Å². The molecule has 0 aliphatic heterocycles. The highest BCUT2D eigenvalue weighted by Crippen LogP contribution is 2.18. The molecule has 0 saturated heterocycles. The van der Waals surface area contributed by atoms with Crippen molar-refractivity contribution in [3.05, 3.63) is 70.2 Å². The van der Waals surface area contributed by atoms with Gasteiger partial charge in [-0.3, -0.25) is 20.4 Å². The molecule has 0 unspecified atom stereocenters. The van der Waals surface area contributed by atoms with Gasteiger partial charge in [0.15, 0.2) is 0 Å². The smallest absolute Gasteiger partial charge is 0.267 e. The Balaban J connectivity index is 2.04. The van der Waals surface area contributed by atoms with E-state index in [1.807, 2.05) is 5.43 Å². The fourth-order valence-electron chi connectivity index (χ4n) is 1.56. The minimum absolute atomic E-state index is 0.0801. The first-order valence-electron chi connectivity index (χ1n) is 5.79. The molecule has 0 heterocycles. The topological polar surface area (TPSA) is 58.2 Å². The van der Waals surface area contributed by atoms with E-state index >= 15 is 0 Å². The van der Waals surface area contributed by atoms with Crippen LogP contribution in [0, 0.1) is 11.6 Å². The molecule has 2 amide bonds. The predicted octanol–water partition coefficient (Wildman–Crippen LogP) is 2.69. The van der Waals surface area contributed by atoms with E-state index < -0.39 is 23.4 Å². The largest absolute Gasteiger partial charge is 0.274 e. The Labute approximate surface area is 123 Å². The second-order valence-corrected chi connectivity index (χ2v) is 4.42. The minimum atomic E-state index is -0.895. The average Bonchev–Trinajstić information content (AvgIpc) is 2.45. The molecule has 0 atom stereocenters. The van der Waals surface area contributed by atoms with Crippen molar-refractivity contribution in [3.8, 4) is 0 Å². The lowest BCUT2D eigenvalue weighted by Gasteiger charge is -2.09. The standard InChI is InChI=1S/C14H9ClF2N2O2/c15-10-2-1-3-11(17)12(10)14(21)19-18-13(20)8-4-6-9(16)7-5-8/h1-7H,(H,18,20)(H,19,21). The maximum atomic E-state index is 13.5. The van der Waals surface area contributed by atoms with Crippen LogP contribution in [0.3, 0.4) is 0 Å². The number of nitrogens with one attached hydrogen (secondary N) is 2. The van der Waals surface area contributed by atoms with Gasteiger partial charge in [0.1, 0.15) is 11.6 Å². The van der Waals surface area contributed by atoms with Crippen molar-refractivity contribution in [1.29, 1.82) is 0 Å². The molecule has 0 saturated carbocycles. The van der Waals surface area contributed by atoms with Gasteiger partial charge in [-0.05, 0) is 36.4 Å². The third-order valence-electron chi connectivity index (χ3n) is 2.59. The van der Waals surface area contributed by atoms with Crippen LogP contribution in [0.15, 0.2) is 42.5 Å². The lowest BCUT2D eigenvalue weighted by atomic mass is 10.2. The molecule has 0 aliphatic carbocycles. The molecule has 0 spiro atoms. The molecule has 0 aromatic heterocycles. The van der Waals surface area contributed by atoms with Crippen LogP contribution in [0.25, 0.3) is 0 Å². The highest BCUT2D eigenvalue weighted by Gasteiger charge is 2.16.